The Morgan fingerprint density at radius 1 is 1.06 bits per heavy atom. The SMILES string of the molecule is Cl.O=[N+]([O-])c1cccc(S(=O)(=O)O)c1S(=O)(=O)O. The van der Waals surface area contributed by atoms with Gasteiger partial charge in [-0.05, 0) is 6.07 Å². The van der Waals surface area contributed by atoms with Crippen molar-refractivity contribution in [2.45, 2.75) is 9.79 Å². The smallest absolute Gasteiger partial charge is 0.282 e. The van der Waals surface area contributed by atoms with Crippen molar-refractivity contribution in [3.63, 3.8) is 0 Å². The third kappa shape index (κ3) is 3.36. The molecule has 0 aliphatic carbocycles. The summed E-state index contributed by atoms with van der Waals surface area (Å²) in [6, 6.07) is 2.15. The fourth-order valence-corrected chi connectivity index (χ4v) is 3.06. The van der Waals surface area contributed by atoms with Crippen LogP contribution in [-0.4, -0.2) is 30.9 Å². The van der Waals surface area contributed by atoms with Crippen LogP contribution in [0.1, 0.15) is 0 Å². The fraction of sp³-hybridized carbons (Fsp3) is 0. The van der Waals surface area contributed by atoms with Crippen LogP contribution in [0.15, 0.2) is 28.0 Å². The quantitative estimate of drug-likeness (QED) is 0.464. The molecule has 0 atom stereocenters. The predicted molar refractivity (Wildman–Crippen MR) is 60.0 cm³/mol. The molecular weight excluding hydrogens is 314 g/mol. The van der Waals surface area contributed by atoms with Gasteiger partial charge in [-0.3, -0.25) is 19.2 Å². The first-order valence-corrected chi connectivity index (χ1v) is 6.65. The molecule has 102 valence electrons. The molecule has 0 saturated heterocycles. The Kier molecular flexibility index (Phi) is 4.79. The van der Waals surface area contributed by atoms with Gasteiger partial charge in [-0.15, -0.1) is 12.4 Å². The molecule has 0 unspecified atom stereocenters. The van der Waals surface area contributed by atoms with Crippen molar-refractivity contribution in [2.24, 2.45) is 0 Å². The van der Waals surface area contributed by atoms with Gasteiger partial charge in [-0.1, -0.05) is 6.07 Å². The van der Waals surface area contributed by atoms with Gasteiger partial charge in [-0.2, -0.15) is 16.8 Å². The number of nitro groups is 1. The number of nitrogens with zero attached hydrogens (tertiary/aromatic N) is 1. The third-order valence-corrected chi connectivity index (χ3v) is 3.66. The number of hydrogen-bond donors (Lipinski definition) is 2. The summed E-state index contributed by atoms with van der Waals surface area (Å²) >= 11 is 0. The van der Waals surface area contributed by atoms with Gasteiger partial charge in [0.2, 0.25) is 0 Å². The molecule has 1 aromatic carbocycles. The van der Waals surface area contributed by atoms with E-state index in [0.29, 0.717) is 12.1 Å². The molecule has 0 bridgehead atoms. The van der Waals surface area contributed by atoms with E-state index in [4.69, 9.17) is 9.11 Å². The Morgan fingerprint density at radius 2 is 1.56 bits per heavy atom. The Morgan fingerprint density at radius 3 is 1.89 bits per heavy atom. The normalized spacial score (nSPS) is 11.7. The standard InChI is InChI=1S/C6H5NO8S2.ClH/c8-7(9)4-2-1-3-5(16(10,11)12)6(4)17(13,14)15;/h1-3H,(H,10,11,12)(H,13,14,15);1H. The molecule has 0 saturated carbocycles. The van der Waals surface area contributed by atoms with Gasteiger partial charge in [0.25, 0.3) is 15.8 Å². The minimum absolute atomic E-state index is 0. The zero-order valence-corrected chi connectivity index (χ0v) is 10.7. The summed E-state index contributed by atoms with van der Waals surface area (Å²) in [5, 5.41) is 10.5. The second-order valence-corrected chi connectivity index (χ2v) is 5.56. The Balaban J connectivity index is 0.00000289. The van der Waals surface area contributed by atoms with Crippen LogP contribution in [0.25, 0.3) is 0 Å². The van der Waals surface area contributed by atoms with E-state index in [2.05, 4.69) is 0 Å². The molecular formula is C6H6ClNO8S2. The number of hydrogen-bond acceptors (Lipinski definition) is 6. The molecule has 0 aromatic heterocycles. The van der Waals surface area contributed by atoms with Gasteiger partial charge in [0.15, 0.2) is 4.90 Å². The molecule has 0 heterocycles. The third-order valence-electron chi connectivity index (χ3n) is 1.69. The molecule has 0 radical (unpaired) electrons. The minimum Gasteiger partial charge on any atom is -0.282 e. The summed E-state index contributed by atoms with van der Waals surface area (Å²) < 4.78 is 60.9. The lowest BCUT2D eigenvalue weighted by molar-refractivity contribution is -0.388. The molecule has 9 nitrogen and oxygen atoms in total. The van der Waals surface area contributed by atoms with Crippen LogP contribution in [0.2, 0.25) is 0 Å². The number of benzene rings is 1. The van der Waals surface area contributed by atoms with E-state index in [1.165, 1.54) is 0 Å². The van der Waals surface area contributed by atoms with E-state index in [1.54, 1.807) is 0 Å². The predicted octanol–water partition coefficient (Wildman–Crippen LogP) is 0.510. The summed E-state index contributed by atoms with van der Waals surface area (Å²) in [5.74, 6) is 0. The second kappa shape index (κ2) is 5.16. The maximum Gasteiger partial charge on any atom is 0.302 e. The zero-order chi connectivity index (χ0) is 13.4. The van der Waals surface area contributed by atoms with Crippen LogP contribution in [-0.2, 0) is 20.2 Å². The van der Waals surface area contributed by atoms with Gasteiger partial charge in [0.1, 0.15) is 4.90 Å². The first-order valence-electron chi connectivity index (χ1n) is 3.77. The van der Waals surface area contributed by atoms with Crippen LogP contribution in [0.5, 0.6) is 0 Å². The highest BCUT2D eigenvalue weighted by atomic mass is 35.5. The maximum absolute atomic E-state index is 10.9. The van der Waals surface area contributed by atoms with E-state index < -0.39 is 40.6 Å². The van der Waals surface area contributed by atoms with Crippen LogP contribution in [0.4, 0.5) is 5.69 Å². The molecule has 0 fully saturated rings. The van der Waals surface area contributed by atoms with Crippen LogP contribution < -0.4 is 0 Å². The van der Waals surface area contributed by atoms with Gasteiger partial charge < -0.3 is 0 Å². The summed E-state index contributed by atoms with van der Waals surface area (Å²) in [6.45, 7) is 0. The van der Waals surface area contributed by atoms with Crippen molar-refractivity contribution in [2.75, 3.05) is 0 Å². The summed E-state index contributed by atoms with van der Waals surface area (Å²) in [7, 11) is -10.2. The van der Waals surface area contributed by atoms with Crippen molar-refractivity contribution in [3.8, 4) is 0 Å². The number of halogens is 1. The monoisotopic (exact) mass is 319 g/mol. The molecule has 1 aromatic rings. The van der Waals surface area contributed by atoms with Crippen molar-refractivity contribution >= 4 is 38.3 Å². The van der Waals surface area contributed by atoms with Crippen LogP contribution in [0, 0.1) is 10.1 Å². The maximum atomic E-state index is 10.9. The van der Waals surface area contributed by atoms with E-state index in [1.807, 2.05) is 0 Å². The highest BCUT2D eigenvalue weighted by Gasteiger charge is 2.32. The zero-order valence-electron chi connectivity index (χ0n) is 8.25. The Bertz CT molecular complexity index is 680. The lowest BCUT2D eigenvalue weighted by Crippen LogP contribution is -2.11. The highest BCUT2D eigenvalue weighted by molar-refractivity contribution is 7.89. The van der Waals surface area contributed by atoms with E-state index in [9.17, 15) is 26.9 Å². The first kappa shape index (κ1) is 16.7. The van der Waals surface area contributed by atoms with E-state index >= 15 is 0 Å². The number of nitro benzene ring substituents is 1. The summed E-state index contributed by atoms with van der Waals surface area (Å²) in [6.07, 6.45) is 0. The van der Waals surface area contributed by atoms with Crippen molar-refractivity contribution in [1.29, 1.82) is 0 Å². The van der Waals surface area contributed by atoms with Crippen molar-refractivity contribution < 1.29 is 30.9 Å². The van der Waals surface area contributed by atoms with Crippen molar-refractivity contribution in [3.05, 3.63) is 28.3 Å². The Labute approximate surface area is 107 Å². The molecule has 1 rings (SSSR count). The van der Waals surface area contributed by atoms with Crippen molar-refractivity contribution in [1.82, 2.24) is 0 Å². The lowest BCUT2D eigenvalue weighted by Gasteiger charge is -2.04. The summed E-state index contributed by atoms with van der Waals surface area (Å²) in [4.78, 5) is 6.58. The van der Waals surface area contributed by atoms with Gasteiger partial charge >= 0.3 is 10.1 Å². The van der Waals surface area contributed by atoms with Gasteiger partial charge in [0.05, 0.1) is 4.92 Å². The molecule has 0 spiro atoms. The largest absolute Gasteiger partial charge is 0.302 e. The molecule has 2 N–H and O–H groups in total. The Hall–Kier alpha value is -1.27. The first-order chi connectivity index (χ1) is 7.55. The average molecular weight is 320 g/mol. The van der Waals surface area contributed by atoms with Crippen LogP contribution in [0.3, 0.4) is 0 Å². The van der Waals surface area contributed by atoms with Gasteiger partial charge in [-0.25, -0.2) is 0 Å². The lowest BCUT2D eigenvalue weighted by atomic mass is 10.3. The van der Waals surface area contributed by atoms with E-state index in [0.717, 1.165) is 6.07 Å². The number of rotatable bonds is 3. The molecule has 18 heavy (non-hydrogen) atoms. The molecule has 0 aliphatic rings. The topological polar surface area (TPSA) is 152 Å². The summed E-state index contributed by atoms with van der Waals surface area (Å²) in [5.41, 5.74) is -1.15. The molecule has 0 aliphatic heterocycles. The fourth-order valence-electron chi connectivity index (χ4n) is 1.11. The molecule has 0 amide bonds. The minimum atomic E-state index is -5.17. The second-order valence-electron chi connectivity index (χ2n) is 2.81. The molecule has 12 heteroatoms. The van der Waals surface area contributed by atoms with E-state index in [-0.39, 0.29) is 12.4 Å². The average Bonchev–Trinajstić information content (AvgIpc) is 2.13. The van der Waals surface area contributed by atoms with Crippen LogP contribution >= 0.6 is 12.4 Å². The van der Waals surface area contributed by atoms with Gasteiger partial charge in [0, 0.05) is 6.07 Å². The highest BCUT2D eigenvalue weighted by Crippen LogP contribution is 2.29.